The minimum Gasteiger partial charge on any atom is -0.343 e. The number of pyridine rings is 1. The van der Waals surface area contributed by atoms with Gasteiger partial charge in [0.05, 0.1) is 11.8 Å². The number of imidazole rings is 1. The summed E-state index contributed by atoms with van der Waals surface area (Å²) < 4.78 is 80.6. The number of sulfonamides is 1. The van der Waals surface area contributed by atoms with Gasteiger partial charge >= 0.3 is 6.18 Å². The number of nitrogens with zero attached hydrogens (tertiary/aromatic N) is 3. The Hall–Kier alpha value is -2.53. The molecule has 144 valence electrons. The first kappa shape index (κ1) is 19.2. The molecule has 0 radical (unpaired) electrons. The van der Waals surface area contributed by atoms with Crippen LogP contribution in [0.3, 0.4) is 0 Å². The third-order valence-electron chi connectivity index (χ3n) is 3.95. The fourth-order valence-electron chi connectivity index (χ4n) is 2.74. The maximum atomic E-state index is 13.8. The molecule has 1 atom stereocenters. The average Bonchev–Trinajstić information content (AvgIpc) is 3.07. The first-order chi connectivity index (χ1) is 12.6. The van der Waals surface area contributed by atoms with E-state index in [0.717, 1.165) is 30.5 Å². The molecule has 27 heavy (non-hydrogen) atoms. The normalized spacial score (nSPS) is 14.0. The summed E-state index contributed by atoms with van der Waals surface area (Å²) >= 11 is 0. The van der Waals surface area contributed by atoms with Crippen LogP contribution >= 0.6 is 0 Å². The van der Waals surface area contributed by atoms with Crippen molar-refractivity contribution in [2.75, 3.05) is 6.54 Å². The van der Waals surface area contributed by atoms with Crippen LogP contribution in [0.4, 0.5) is 17.6 Å². The first-order valence-corrected chi connectivity index (χ1v) is 9.21. The maximum absolute atomic E-state index is 13.8. The topological polar surface area (TPSA) is 79.0 Å². The number of alkyl halides is 3. The van der Waals surface area contributed by atoms with Crippen LogP contribution in [0.1, 0.15) is 18.5 Å². The molecule has 3 aromatic rings. The molecule has 0 saturated carbocycles. The van der Waals surface area contributed by atoms with Crippen LogP contribution < -0.4 is 0 Å². The van der Waals surface area contributed by atoms with E-state index in [9.17, 15) is 26.0 Å². The van der Waals surface area contributed by atoms with Crippen LogP contribution in [-0.4, -0.2) is 40.4 Å². The van der Waals surface area contributed by atoms with Crippen LogP contribution in [0.2, 0.25) is 0 Å². The van der Waals surface area contributed by atoms with Gasteiger partial charge in [-0.1, -0.05) is 19.1 Å². The summed E-state index contributed by atoms with van der Waals surface area (Å²) in [5, 5.41) is 0. The summed E-state index contributed by atoms with van der Waals surface area (Å²) in [6.07, 6.45) is -2.66. The van der Waals surface area contributed by atoms with Gasteiger partial charge in [-0.3, -0.25) is 0 Å². The molecule has 6 nitrogen and oxygen atoms in total. The fraction of sp³-hybridized carbons (Fsp3) is 0.250. The first-order valence-electron chi connectivity index (χ1n) is 7.77. The second-order valence-electron chi connectivity index (χ2n) is 5.65. The third-order valence-corrected chi connectivity index (χ3v) is 5.86. The second-order valence-corrected chi connectivity index (χ2v) is 7.54. The monoisotopic (exact) mass is 402 g/mol. The van der Waals surface area contributed by atoms with Crippen molar-refractivity contribution in [1.82, 2.24) is 19.3 Å². The number of halogens is 4. The molecule has 0 aliphatic carbocycles. The highest BCUT2D eigenvalue weighted by molar-refractivity contribution is 7.89. The number of benzene rings is 1. The highest BCUT2D eigenvalue weighted by Gasteiger charge is 2.48. The minimum absolute atomic E-state index is 0.239. The number of hydrogen-bond acceptors (Lipinski definition) is 4. The third kappa shape index (κ3) is 3.65. The minimum atomic E-state index is -4.91. The highest BCUT2D eigenvalue weighted by atomic mass is 32.2. The van der Waals surface area contributed by atoms with E-state index in [-0.39, 0.29) is 16.7 Å². The Bertz CT molecular complexity index is 1050. The zero-order valence-corrected chi connectivity index (χ0v) is 14.7. The van der Waals surface area contributed by atoms with Crippen molar-refractivity contribution in [2.45, 2.75) is 24.0 Å². The predicted molar refractivity (Wildman–Crippen MR) is 88.7 cm³/mol. The summed E-state index contributed by atoms with van der Waals surface area (Å²) in [5.74, 6) is -0.723. The van der Waals surface area contributed by atoms with Crippen LogP contribution in [0.5, 0.6) is 0 Å². The molecule has 0 spiro atoms. The largest absolute Gasteiger partial charge is 0.409 e. The zero-order chi connectivity index (χ0) is 19.8. The number of hydrogen-bond donors (Lipinski definition) is 1. The molecule has 0 fully saturated rings. The van der Waals surface area contributed by atoms with Crippen molar-refractivity contribution in [3.05, 3.63) is 54.2 Å². The highest BCUT2D eigenvalue weighted by Crippen LogP contribution is 2.40. The fourth-order valence-corrected chi connectivity index (χ4v) is 4.32. The lowest BCUT2D eigenvalue weighted by molar-refractivity contribution is -0.173. The Morgan fingerprint density at radius 3 is 2.44 bits per heavy atom. The van der Waals surface area contributed by atoms with E-state index >= 15 is 0 Å². The molecule has 11 heteroatoms. The SMILES string of the molecule is CCN([C@H](c1ccc(F)cc1)C(F)(F)F)S(=O)(=O)c1cnc2nc[nH]c2c1. The van der Waals surface area contributed by atoms with Crippen LogP contribution in [-0.2, 0) is 10.0 Å². The lowest BCUT2D eigenvalue weighted by Crippen LogP contribution is -2.42. The number of aromatic nitrogens is 3. The van der Waals surface area contributed by atoms with Crippen molar-refractivity contribution in [1.29, 1.82) is 0 Å². The molecule has 0 saturated heterocycles. The molecular formula is C16H14F4N4O2S. The number of nitrogens with one attached hydrogen (secondary N) is 1. The number of aromatic amines is 1. The summed E-state index contributed by atoms with van der Waals surface area (Å²) in [6, 6.07) is 2.25. The molecule has 3 rings (SSSR count). The van der Waals surface area contributed by atoms with Crippen molar-refractivity contribution < 1.29 is 26.0 Å². The van der Waals surface area contributed by atoms with Crippen molar-refractivity contribution in [2.24, 2.45) is 0 Å². The van der Waals surface area contributed by atoms with E-state index in [4.69, 9.17) is 0 Å². The molecule has 2 aromatic heterocycles. The Morgan fingerprint density at radius 1 is 1.19 bits per heavy atom. The van der Waals surface area contributed by atoms with E-state index in [0.29, 0.717) is 4.31 Å². The predicted octanol–water partition coefficient (Wildman–Crippen LogP) is 3.41. The Balaban J connectivity index is 2.11. The van der Waals surface area contributed by atoms with Gasteiger partial charge in [0.25, 0.3) is 0 Å². The number of rotatable bonds is 5. The maximum Gasteiger partial charge on any atom is 0.409 e. The zero-order valence-electron chi connectivity index (χ0n) is 13.9. The van der Waals surface area contributed by atoms with Gasteiger partial charge in [-0.25, -0.2) is 22.8 Å². The lowest BCUT2D eigenvalue weighted by atomic mass is 10.1. The molecule has 0 aliphatic heterocycles. The summed E-state index contributed by atoms with van der Waals surface area (Å²) in [5.41, 5.74) is 0.130. The Morgan fingerprint density at radius 2 is 1.85 bits per heavy atom. The van der Waals surface area contributed by atoms with Crippen LogP contribution in [0.25, 0.3) is 11.2 Å². The Labute approximate surface area is 151 Å². The van der Waals surface area contributed by atoms with Gasteiger partial charge in [-0.05, 0) is 23.8 Å². The summed E-state index contributed by atoms with van der Waals surface area (Å²) in [6.45, 7) is 0.840. The Kier molecular flexibility index (Phi) is 4.91. The lowest BCUT2D eigenvalue weighted by Gasteiger charge is -2.31. The van der Waals surface area contributed by atoms with Gasteiger partial charge in [0.15, 0.2) is 5.65 Å². The van der Waals surface area contributed by atoms with Crippen LogP contribution in [0, 0.1) is 5.82 Å². The number of fused-ring (bicyclic) bond motifs is 1. The van der Waals surface area contributed by atoms with Crippen molar-refractivity contribution in [3.8, 4) is 0 Å². The van der Waals surface area contributed by atoms with Gasteiger partial charge in [0.1, 0.15) is 16.8 Å². The second kappa shape index (κ2) is 6.89. The molecule has 0 amide bonds. The molecule has 0 bridgehead atoms. The molecule has 0 unspecified atom stereocenters. The van der Waals surface area contributed by atoms with Crippen molar-refractivity contribution >= 4 is 21.2 Å². The van der Waals surface area contributed by atoms with Gasteiger partial charge < -0.3 is 4.98 Å². The smallest absolute Gasteiger partial charge is 0.343 e. The average molecular weight is 402 g/mol. The van der Waals surface area contributed by atoms with E-state index in [1.165, 1.54) is 19.3 Å². The van der Waals surface area contributed by atoms with Gasteiger partial charge in [-0.2, -0.15) is 17.5 Å². The summed E-state index contributed by atoms with van der Waals surface area (Å²) in [7, 11) is -4.55. The molecular weight excluding hydrogens is 388 g/mol. The van der Waals surface area contributed by atoms with E-state index < -0.39 is 39.5 Å². The summed E-state index contributed by atoms with van der Waals surface area (Å²) in [4.78, 5) is 9.96. The quantitative estimate of drug-likeness (QED) is 0.664. The van der Waals surface area contributed by atoms with E-state index in [1.807, 2.05) is 0 Å². The molecule has 0 aliphatic rings. The molecule has 2 heterocycles. The molecule has 1 N–H and O–H groups in total. The van der Waals surface area contributed by atoms with E-state index in [2.05, 4.69) is 15.0 Å². The molecule has 1 aromatic carbocycles. The standard InChI is InChI=1S/C16H14F4N4O2S/c1-2-24(14(16(18,19)20)10-3-5-11(17)6-4-10)27(25,26)12-7-13-15(21-8-12)23-9-22-13/h3-9,14H,2H2,1H3,(H,21,22,23)/t14-/m1/s1. The van der Waals surface area contributed by atoms with Gasteiger partial charge in [0.2, 0.25) is 10.0 Å². The van der Waals surface area contributed by atoms with Crippen LogP contribution in [0.15, 0.2) is 47.8 Å². The van der Waals surface area contributed by atoms with Gasteiger partial charge in [0, 0.05) is 12.7 Å². The van der Waals surface area contributed by atoms with Gasteiger partial charge in [-0.15, -0.1) is 0 Å². The van der Waals surface area contributed by atoms with Crippen molar-refractivity contribution in [3.63, 3.8) is 0 Å². The number of H-pyrrole nitrogens is 1. The van der Waals surface area contributed by atoms with E-state index in [1.54, 1.807) is 0 Å².